The van der Waals surface area contributed by atoms with E-state index in [1.807, 2.05) is 11.8 Å². The van der Waals surface area contributed by atoms with E-state index in [2.05, 4.69) is 11.8 Å². The van der Waals surface area contributed by atoms with Gasteiger partial charge in [-0.15, -0.1) is 0 Å². The molecule has 0 spiro atoms. The highest BCUT2D eigenvalue weighted by Gasteiger charge is 2.18. The van der Waals surface area contributed by atoms with Crippen molar-refractivity contribution in [3.8, 4) is 0 Å². The van der Waals surface area contributed by atoms with Crippen molar-refractivity contribution in [2.24, 2.45) is 11.7 Å². The molecule has 1 fully saturated rings. The van der Waals surface area contributed by atoms with Crippen molar-refractivity contribution in [3.63, 3.8) is 0 Å². The lowest BCUT2D eigenvalue weighted by molar-refractivity contribution is -0.130. The third kappa shape index (κ3) is 4.10. The van der Waals surface area contributed by atoms with E-state index in [1.165, 1.54) is 0 Å². The van der Waals surface area contributed by atoms with Gasteiger partial charge in [-0.05, 0) is 25.4 Å². The van der Waals surface area contributed by atoms with Crippen molar-refractivity contribution in [1.82, 2.24) is 9.80 Å². The van der Waals surface area contributed by atoms with Crippen molar-refractivity contribution in [3.05, 3.63) is 0 Å². The molecule has 16 heavy (non-hydrogen) atoms. The first-order valence-electron chi connectivity index (χ1n) is 6.37. The zero-order chi connectivity index (χ0) is 12.0. The first-order valence-corrected chi connectivity index (χ1v) is 6.37. The summed E-state index contributed by atoms with van der Waals surface area (Å²) in [7, 11) is 0. The predicted molar refractivity (Wildman–Crippen MR) is 66.1 cm³/mol. The normalized spacial score (nSPS) is 20.6. The fourth-order valence-corrected chi connectivity index (χ4v) is 2.14. The monoisotopic (exact) mass is 227 g/mol. The minimum atomic E-state index is 0.286. The molecule has 2 N–H and O–H groups in total. The molecule has 0 aromatic carbocycles. The van der Waals surface area contributed by atoms with Gasteiger partial charge in [-0.25, -0.2) is 0 Å². The summed E-state index contributed by atoms with van der Waals surface area (Å²) in [5, 5.41) is 0. The average molecular weight is 227 g/mol. The van der Waals surface area contributed by atoms with Crippen LogP contribution >= 0.6 is 0 Å². The van der Waals surface area contributed by atoms with E-state index >= 15 is 0 Å². The minimum absolute atomic E-state index is 0.286. The summed E-state index contributed by atoms with van der Waals surface area (Å²) in [5.41, 5.74) is 5.63. The molecule has 0 bridgehead atoms. The zero-order valence-corrected chi connectivity index (χ0v) is 10.6. The van der Waals surface area contributed by atoms with E-state index in [1.54, 1.807) is 0 Å². The quantitative estimate of drug-likeness (QED) is 0.762. The van der Waals surface area contributed by atoms with Crippen LogP contribution < -0.4 is 5.73 Å². The average Bonchev–Trinajstić information content (AvgIpc) is 2.53. The number of rotatable bonds is 4. The fourth-order valence-electron chi connectivity index (χ4n) is 2.14. The topological polar surface area (TPSA) is 49.6 Å². The molecular weight excluding hydrogens is 202 g/mol. The van der Waals surface area contributed by atoms with Crippen LogP contribution in [0.2, 0.25) is 0 Å². The lowest BCUT2D eigenvalue weighted by Crippen LogP contribution is -2.36. The third-order valence-electron chi connectivity index (χ3n) is 3.22. The first kappa shape index (κ1) is 13.5. The molecule has 1 saturated heterocycles. The Kier molecular flexibility index (Phi) is 5.77. The maximum absolute atomic E-state index is 11.6. The van der Waals surface area contributed by atoms with Crippen LogP contribution in [0.4, 0.5) is 0 Å². The number of nitrogens with two attached hydrogens (primary N) is 1. The molecule has 0 aromatic heterocycles. The Morgan fingerprint density at radius 1 is 1.31 bits per heavy atom. The van der Waals surface area contributed by atoms with Gasteiger partial charge in [0.25, 0.3) is 0 Å². The molecule has 1 amide bonds. The third-order valence-corrected chi connectivity index (χ3v) is 3.22. The summed E-state index contributed by atoms with van der Waals surface area (Å²) in [6, 6.07) is 0. The van der Waals surface area contributed by atoms with Crippen LogP contribution in [-0.4, -0.2) is 55.0 Å². The Morgan fingerprint density at radius 2 is 2.06 bits per heavy atom. The van der Waals surface area contributed by atoms with Crippen molar-refractivity contribution >= 4 is 5.91 Å². The summed E-state index contributed by atoms with van der Waals surface area (Å²) in [6.07, 6.45) is 1.71. The van der Waals surface area contributed by atoms with Gasteiger partial charge in [0.05, 0.1) is 0 Å². The summed E-state index contributed by atoms with van der Waals surface area (Å²) in [5.74, 6) is 0.835. The van der Waals surface area contributed by atoms with Gasteiger partial charge in [0.2, 0.25) is 5.91 Å². The van der Waals surface area contributed by atoms with Crippen LogP contribution in [0.3, 0.4) is 0 Å². The molecule has 1 atom stereocenters. The van der Waals surface area contributed by atoms with E-state index in [-0.39, 0.29) is 5.91 Å². The van der Waals surface area contributed by atoms with Gasteiger partial charge in [-0.2, -0.15) is 0 Å². The van der Waals surface area contributed by atoms with Crippen LogP contribution in [0.5, 0.6) is 0 Å². The van der Waals surface area contributed by atoms with Crippen molar-refractivity contribution < 1.29 is 4.79 Å². The summed E-state index contributed by atoms with van der Waals surface area (Å²) < 4.78 is 0. The standard InChI is InChI=1S/C12H25N3O/c1-3-12(16)15-6-4-5-14(7-8-15)10-11(2)9-13/h11H,3-10,13H2,1-2H3. The number of carbonyl (C=O) groups is 1. The highest BCUT2D eigenvalue weighted by atomic mass is 16.2. The number of amides is 1. The van der Waals surface area contributed by atoms with Gasteiger partial charge >= 0.3 is 0 Å². The van der Waals surface area contributed by atoms with E-state index in [0.717, 1.165) is 45.7 Å². The molecule has 1 aliphatic heterocycles. The second-order valence-corrected chi connectivity index (χ2v) is 4.73. The van der Waals surface area contributed by atoms with Crippen LogP contribution in [0.1, 0.15) is 26.7 Å². The molecular formula is C12H25N3O. The lowest BCUT2D eigenvalue weighted by atomic mass is 10.1. The minimum Gasteiger partial charge on any atom is -0.341 e. The number of nitrogens with zero attached hydrogens (tertiary/aromatic N) is 2. The van der Waals surface area contributed by atoms with Crippen molar-refractivity contribution in [2.45, 2.75) is 26.7 Å². The molecule has 4 heteroatoms. The number of carbonyl (C=O) groups excluding carboxylic acids is 1. The predicted octanol–water partition coefficient (Wildman–Crippen LogP) is 0.526. The van der Waals surface area contributed by atoms with E-state index < -0.39 is 0 Å². The maximum atomic E-state index is 11.6. The summed E-state index contributed by atoms with van der Waals surface area (Å²) >= 11 is 0. The van der Waals surface area contributed by atoms with Crippen LogP contribution in [0.25, 0.3) is 0 Å². The van der Waals surface area contributed by atoms with Crippen LogP contribution in [-0.2, 0) is 4.79 Å². The molecule has 4 nitrogen and oxygen atoms in total. The van der Waals surface area contributed by atoms with Gasteiger partial charge in [0.1, 0.15) is 0 Å². The first-order chi connectivity index (χ1) is 7.67. The Morgan fingerprint density at radius 3 is 2.69 bits per heavy atom. The summed E-state index contributed by atoms with van der Waals surface area (Å²) in [4.78, 5) is 16.0. The molecule has 1 rings (SSSR count). The maximum Gasteiger partial charge on any atom is 0.222 e. The van der Waals surface area contributed by atoms with Gasteiger partial charge in [-0.3, -0.25) is 4.79 Å². The van der Waals surface area contributed by atoms with Crippen LogP contribution in [0, 0.1) is 5.92 Å². The van der Waals surface area contributed by atoms with E-state index in [4.69, 9.17) is 5.73 Å². The Balaban J connectivity index is 2.37. The van der Waals surface area contributed by atoms with Crippen molar-refractivity contribution in [1.29, 1.82) is 0 Å². The van der Waals surface area contributed by atoms with E-state index in [0.29, 0.717) is 12.3 Å². The van der Waals surface area contributed by atoms with Gasteiger partial charge in [0.15, 0.2) is 0 Å². The molecule has 1 heterocycles. The van der Waals surface area contributed by atoms with Gasteiger partial charge in [0, 0.05) is 32.6 Å². The smallest absolute Gasteiger partial charge is 0.222 e. The lowest BCUT2D eigenvalue weighted by Gasteiger charge is -2.23. The molecule has 0 radical (unpaired) electrons. The molecule has 1 aliphatic rings. The van der Waals surface area contributed by atoms with Gasteiger partial charge < -0.3 is 15.5 Å². The second kappa shape index (κ2) is 6.86. The van der Waals surface area contributed by atoms with Crippen molar-refractivity contribution in [2.75, 3.05) is 39.3 Å². The Hall–Kier alpha value is -0.610. The summed E-state index contributed by atoms with van der Waals surface area (Å²) in [6.45, 7) is 9.80. The molecule has 94 valence electrons. The van der Waals surface area contributed by atoms with E-state index in [9.17, 15) is 4.79 Å². The van der Waals surface area contributed by atoms with Gasteiger partial charge in [-0.1, -0.05) is 13.8 Å². The Labute approximate surface area is 98.8 Å². The number of hydrogen-bond donors (Lipinski definition) is 1. The zero-order valence-electron chi connectivity index (χ0n) is 10.6. The molecule has 0 aliphatic carbocycles. The van der Waals surface area contributed by atoms with Crippen LogP contribution in [0.15, 0.2) is 0 Å². The number of hydrogen-bond acceptors (Lipinski definition) is 3. The fraction of sp³-hybridized carbons (Fsp3) is 0.917. The highest BCUT2D eigenvalue weighted by molar-refractivity contribution is 5.75. The highest BCUT2D eigenvalue weighted by Crippen LogP contribution is 2.07. The SMILES string of the molecule is CCC(=O)N1CCCN(CC(C)CN)CC1. The second-order valence-electron chi connectivity index (χ2n) is 4.73. The Bertz CT molecular complexity index is 220. The largest absolute Gasteiger partial charge is 0.341 e. The molecule has 0 aromatic rings. The molecule has 0 saturated carbocycles. The molecule has 1 unspecified atom stereocenters.